The van der Waals surface area contributed by atoms with Crippen molar-refractivity contribution in [1.29, 1.82) is 0 Å². The molecule has 2 heterocycles. The molecule has 1 aromatic carbocycles. The zero-order valence-corrected chi connectivity index (χ0v) is 16.6. The molecule has 0 spiro atoms. The number of hydrogen-bond donors (Lipinski definition) is 1. The molecule has 1 amide bonds. The molecule has 0 bridgehead atoms. The van der Waals surface area contributed by atoms with Gasteiger partial charge in [-0.25, -0.2) is 4.68 Å². The highest BCUT2D eigenvalue weighted by Crippen LogP contribution is 2.29. The third-order valence-electron chi connectivity index (χ3n) is 4.02. The molecule has 0 aliphatic rings. The van der Waals surface area contributed by atoms with Crippen LogP contribution in [-0.2, 0) is 5.41 Å². The van der Waals surface area contributed by atoms with Crippen LogP contribution in [0.15, 0.2) is 34.7 Å². The summed E-state index contributed by atoms with van der Waals surface area (Å²) in [6.07, 6.45) is 0. The average Bonchev–Trinajstić information content (AvgIpc) is 3.20. The Morgan fingerprint density at radius 1 is 1.15 bits per heavy atom. The smallest absolute Gasteiger partial charge is 0.268 e. The number of aromatic nitrogens is 4. The van der Waals surface area contributed by atoms with E-state index in [2.05, 4.69) is 41.4 Å². The molecule has 0 atom stereocenters. The van der Waals surface area contributed by atoms with E-state index in [1.807, 2.05) is 36.7 Å². The maximum atomic E-state index is 12.2. The van der Waals surface area contributed by atoms with Gasteiger partial charge in [-0.1, -0.05) is 20.8 Å². The van der Waals surface area contributed by atoms with E-state index in [1.165, 1.54) is 0 Å². The van der Waals surface area contributed by atoms with Crippen LogP contribution in [0, 0.1) is 6.92 Å². The predicted octanol–water partition coefficient (Wildman–Crippen LogP) is 3.67. The fraction of sp³-hybridized carbons (Fsp3) is 0.400. The summed E-state index contributed by atoms with van der Waals surface area (Å²) in [6, 6.07) is 9.44. The molecular formula is C20H25N5O2. The number of nitrogens with zero attached hydrogens (tertiary/aromatic N) is 4. The molecule has 2 aromatic heterocycles. The summed E-state index contributed by atoms with van der Waals surface area (Å²) in [5, 5.41) is 15.5. The van der Waals surface area contributed by atoms with Gasteiger partial charge in [0.1, 0.15) is 5.69 Å². The highest BCUT2D eigenvalue weighted by Gasteiger charge is 2.24. The second-order valence-electron chi connectivity index (χ2n) is 7.88. The summed E-state index contributed by atoms with van der Waals surface area (Å²) in [6.45, 7) is 12.0. The molecule has 27 heavy (non-hydrogen) atoms. The molecule has 3 rings (SSSR count). The van der Waals surface area contributed by atoms with E-state index in [0.29, 0.717) is 23.0 Å². The Morgan fingerprint density at radius 3 is 2.33 bits per heavy atom. The van der Waals surface area contributed by atoms with Gasteiger partial charge >= 0.3 is 0 Å². The van der Waals surface area contributed by atoms with E-state index >= 15 is 0 Å². The normalized spacial score (nSPS) is 11.8. The largest absolute Gasteiger partial charge is 0.420 e. The van der Waals surface area contributed by atoms with Gasteiger partial charge < -0.3 is 9.73 Å². The Labute approximate surface area is 158 Å². The number of aryl methyl sites for hydroxylation is 1. The molecule has 7 heteroatoms. The zero-order chi connectivity index (χ0) is 19.8. The minimum absolute atomic E-state index is 0.0879. The monoisotopic (exact) mass is 367 g/mol. The number of hydrogen-bond acceptors (Lipinski definition) is 5. The first-order chi connectivity index (χ1) is 12.6. The van der Waals surface area contributed by atoms with Crippen LogP contribution in [0.25, 0.3) is 17.3 Å². The van der Waals surface area contributed by atoms with Crippen LogP contribution < -0.4 is 5.32 Å². The second-order valence-corrected chi connectivity index (χ2v) is 7.88. The van der Waals surface area contributed by atoms with E-state index in [-0.39, 0.29) is 17.4 Å². The molecule has 0 saturated heterocycles. The molecule has 7 nitrogen and oxygen atoms in total. The van der Waals surface area contributed by atoms with Crippen LogP contribution in [-0.4, -0.2) is 31.9 Å². The van der Waals surface area contributed by atoms with Crippen molar-refractivity contribution in [1.82, 2.24) is 25.3 Å². The van der Waals surface area contributed by atoms with Gasteiger partial charge in [0.05, 0.1) is 11.4 Å². The van der Waals surface area contributed by atoms with Gasteiger partial charge in [-0.15, -0.1) is 10.2 Å². The highest BCUT2D eigenvalue weighted by atomic mass is 16.4. The predicted molar refractivity (Wildman–Crippen MR) is 103 cm³/mol. The van der Waals surface area contributed by atoms with Crippen LogP contribution in [0.3, 0.4) is 0 Å². The topological polar surface area (TPSA) is 85.8 Å². The van der Waals surface area contributed by atoms with Crippen LogP contribution in [0.1, 0.15) is 56.6 Å². The van der Waals surface area contributed by atoms with Crippen molar-refractivity contribution < 1.29 is 9.21 Å². The van der Waals surface area contributed by atoms with E-state index in [4.69, 9.17) is 4.42 Å². The summed E-state index contributed by atoms with van der Waals surface area (Å²) in [4.78, 5) is 12.2. The molecule has 142 valence electrons. The second kappa shape index (κ2) is 6.98. The number of amides is 1. The minimum Gasteiger partial charge on any atom is -0.420 e. The highest BCUT2D eigenvalue weighted by molar-refractivity contribution is 5.94. The van der Waals surface area contributed by atoms with Gasteiger partial charge in [-0.2, -0.15) is 5.10 Å². The van der Waals surface area contributed by atoms with Crippen molar-refractivity contribution in [3.63, 3.8) is 0 Å². The fourth-order valence-electron chi connectivity index (χ4n) is 2.72. The first-order valence-corrected chi connectivity index (χ1v) is 8.97. The van der Waals surface area contributed by atoms with E-state index in [0.717, 1.165) is 11.4 Å². The number of carbonyl (C=O) groups is 1. The lowest BCUT2D eigenvalue weighted by Crippen LogP contribution is -2.30. The Morgan fingerprint density at radius 2 is 1.81 bits per heavy atom. The van der Waals surface area contributed by atoms with Crippen molar-refractivity contribution in [2.24, 2.45) is 0 Å². The van der Waals surface area contributed by atoms with Crippen molar-refractivity contribution in [2.75, 3.05) is 0 Å². The lowest BCUT2D eigenvalue weighted by atomic mass is 9.91. The summed E-state index contributed by atoms with van der Waals surface area (Å²) >= 11 is 0. The Kier molecular flexibility index (Phi) is 4.87. The van der Waals surface area contributed by atoms with Gasteiger partial charge in [0.25, 0.3) is 11.8 Å². The van der Waals surface area contributed by atoms with Gasteiger partial charge in [0.15, 0.2) is 0 Å². The number of rotatable bonds is 4. The molecule has 1 N–H and O–H groups in total. The maximum Gasteiger partial charge on any atom is 0.268 e. The van der Waals surface area contributed by atoms with Crippen LogP contribution in [0.5, 0.6) is 0 Å². The Hall–Kier alpha value is -2.96. The first kappa shape index (κ1) is 18.8. The first-order valence-electron chi connectivity index (χ1n) is 8.97. The number of benzene rings is 1. The number of nitrogens with one attached hydrogen (secondary N) is 1. The summed E-state index contributed by atoms with van der Waals surface area (Å²) in [7, 11) is 0. The average molecular weight is 367 g/mol. The van der Waals surface area contributed by atoms with Crippen LogP contribution >= 0.6 is 0 Å². The van der Waals surface area contributed by atoms with Gasteiger partial charge in [0.2, 0.25) is 5.89 Å². The molecule has 0 aliphatic carbocycles. The molecule has 0 fully saturated rings. The van der Waals surface area contributed by atoms with E-state index in [1.54, 1.807) is 19.1 Å². The van der Waals surface area contributed by atoms with Crippen LogP contribution in [0.2, 0.25) is 0 Å². The minimum atomic E-state index is -0.145. The maximum absolute atomic E-state index is 12.2. The van der Waals surface area contributed by atoms with Gasteiger partial charge in [0, 0.05) is 23.9 Å². The Balaban J connectivity index is 2.00. The van der Waals surface area contributed by atoms with Gasteiger partial charge in [-0.3, -0.25) is 4.79 Å². The molecule has 0 saturated carbocycles. The van der Waals surface area contributed by atoms with Gasteiger partial charge in [-0.05, 0) is 44.2 Å². The third-order valence-corrected chi connectivity index (χ3v) is 4.02. The summed E-state index contributed by atoms with van der Waals surface area (Å²) < 4.78 is 7.38. The summed E-state index contributed by atoms with van der Waals surface area (Å²) in [5.74, 6) is 0.803. The van der Waals surface area contributed by atoms with E-state index in [9.17, 15) is 4.79 Å². The molecular weight excluding hydrogens is 342 g/mol. The standard InChI is InChI=1S/C20H25N5O2/c1-12(2)21-18(26)14-7-9-15(10-8-14)25-17(20(4,5)6)11-16(24-25)19-23-22-13(3)27-19/h7-12H,1-6H3,(H,21,26). The molecule has 0 unspecified atom stereocenters. The summed E-state index contributed by atoms with van der Waals surface area (Å²) in [5.41, 5.74) is 2.97. The molecule has 0 radical (unpaired) electrons. The van der Waals surface area contributed by atoms with Crippen molar-refractivity contribution in [2.45, 2.75) is 53.0 Å². The SMILES string of the molecule is Cc1nnc(-c2cc(C(C)(C)C)n(-c3ccc(C(=O)NC(C)C)cc3)n2)o1. The molecule has 3 aromatic rings. The fourth-order valence-corrected chi connectivity index (χ4v) is 2.72. The van der Waals surface area contributed by atoms with Crippen molar-refractivity contribution >= 4 is 5.91 Å². The lowest BCUT2D eigenvalue weighted by molar-refractivity contribution is 0.0943. The zero-order valence-electron chi connectivity index (χ0n) is 16.6. The third kappa shape index (κ3) is 4.07. The lowest BCUT2D eigenvalue weighted by Gasteiger charge is -2.20. The quantitative estimate of drug-likeness (QED) is 0.760. The van der Waals surface area contributed by atoms with Crippen molar-refractivity contribution in [3.8, 4) is 17.3 Å². The molecule has 0 aliphatic heterocycles. The Bertz CT molecular complexity index is 946. The number of carbonyl (C=O) groups excluding carboxylic acids is 1. The van der Waals surface area contributed by atoms with E-state index < -0.39 is 0 Å². The van der Waals surface area contributed by atoms with Crippen LogP contribution in [0.4, 0.5) is 0 Å². The van der Waals surface area contributed by atoms with Crippen molar-refractivity contribution in [3.05, 3.63) is 47.5 Å².